The number of benzene rings is 1. The molecule has 0 aliphatic rings. The highest BCUT2D eigenvalue weighted by molar-refractivity contribution is 7.16. The van der Waals surface area contributed by atoms with Gasteiger partial charge >= 0.3 is 0 Å². The zero-order valence-corrected chi connectivity index (χ0v) is 13.6. The molecule has 3 rings (SSSR count). The molecule has 9 heteroatoms. The molecule has 122 valence electrons. The third-order valence-electron chi connectivity index (χ3n) is 3.32. The van der Waals surface area contributed by atoms with E-state index in [1.54, 1.807) is 36.0 Å². The molecule has 1 aromatic carbocycles. The van der Waals surface area contributed by atoms with Gasteiger partial charge in [-0.05, 0) is 12.1 Å². The van der Waals surface area contributed by atoms with Gasteiger partial charge in [-0.2, -0.15) is 10.1 Å². The fourth-order valence-electron chi connectivity index (χ4n) is 2.24. The number of nitrogens with zero attached hydrogens (tertiary/aromatic N) is 5. The van der Waals surface area contributed by atoms with E-state index in [-0.39, 0.29) is 11.4 Å². The van der Waals surface area contributed by atoms with Gasteiger partial charge in [0, 0.05) is 31.9 Å². The van der Waals surface area contributed by atoms with Crippen LogP contribution in [0.25, 0.3) is 10.2 Å². The van der Waals surface area contributed by atoms with Crippen molar-refractivity contribution in [3.05, 3.63) is 63.7 Å². The Hall–Kier alpha value is -3.07. The number of aryl methyl sites for hydroxylation is 1. The fourth-order valence-corrected chi connectivity index (χ4v) is 3.31. The predicted octanol–water partition coefficient (Wildman–Crippen LogP) is 2.27. The first-order chi connectivity index (χ1) is 11.5. The Balaban J connectivity index is 2.16. The number of carbonyl (C=O) groups is 1. The summed E-state index contributed by atoms with van der Waals surface area (Å²) in [5.41, 5.74) is 1.00. The molecule has 2 aromatic heterocycles. The molecular weight excluding hydrogens is 330 g/mol. The molecule has 0 aliphatic carbocycles. The molecule has 0 unspecified atom stereocenters. The normalized spacial score (nSPS) is 11.8. The van der Waals surface area contributed by atoms with Crippen molar-refractivity contribution >= 4 is 33.1 Å². The Morgan fingerprint density at radius 3 is 2.92 bits per heavy atom. The smallest absolute Gasteiger partial charge is 0.300 e. The number of amides is 1. The standard InChI is InChI=1S/C15H13N5O3S/c1-3-7-19-12-5-4-10(20(22)23)9-13(12)24-15(19)16-14(21)11-6-8-18(2)17-11/h3-6,8-9H,1,7H2,2H3. The molecule has 0 fully saturated rings. The van der Waals surface area contributed by atoms with Crippen molar-refractivity contribution < 1.29 is 9.72 Å². The molecule has 0 N–H and O–H groups in total. The minimum absolute atomic E-state index is 0.00268. The number of hydrogen-bond donors (Lipinski definition) is 0. The van der Waals surface area contributed by atoms with Crippen molar-refractivity contribution in [2.45, 2.75) is 6.54 Å². The SMILES string of the molecule is C=CCn1c(=NC(=O)c2ccn(C)n2)sc2cc([N+](=O)[O-])ccc21. The van der Waals surface area contributed by atoms with Gasteiger partial charge in [0.2, 0.25) is 0 Å². The summed E-state index contributed by atoms with van der Waals surface area (Å²) in [4.78, 5) is 27.3. The van der Waals surface area contributed by atoms with Crippen LogP contribution in [0.2, 0.25) is 0 Å². The summed E-state index contributed by atoms with van der Waals surface area (Å²) in [6, 6.07) is 6.14. The number of hydrogen-bond acceptors (Lipinski definition) is 5. The molecule has 3 aromatic rings. The molecule has 0 saturated heterocycles. The van der Waals surface area contributed by atoms with Crippen LogP contribution in [0, 0.1) is 10.1 Å². The van der Waals surface area contributed by atoms with Crippen LogP contribution in [-0.2, 0) is 13.6 Å². The topological polar surface area (TPSA) is 95.3 Å². The number of nitro benzene ring substituents is 1. The van der Waals surface area contributed by atoms with E-state index >= 15 is 0 Å². The van der Waals surface area contributed by atoms with Crippen LogP contribution in [0.5, 0.6) is 0 Å². The number of allylic oxidation sites excluding steroid dienone is 1. The number of aromatic nitrogens is 3. The predicted molar refractivity (Wildman–Crippen MR) is 89.8 cm³/mol. The maximum absolute atomic E-state index is 12.3. The zero-order chi connectivity index (χ0) is 17.3. The third kappa shape index (κ3) is 2.88. The first kappa shape index (κ1) is 15.8. The van der Waals surface area contributed by atoms with E-state index in [1.165, 1.54) is 28.2 Å². The van der Waals surface area contributed by atoms with E-state index in [4.69, 9.17) is 0 Å². The first-order valence-electron chi connectivity index (χ1n) is 6.97. The number of nitro groups is 1. The Bertz CT molecular complexity index is 1030. The number of carbonyl (C=O) groups excluding carboxylic acids is 1. The van der Waals surface area contributed by atoms with E-state index in [0.29, 0.717) is 16.0 Å². The molecule has 0 spiro atoms. The molecule has 2 heterocycles. The summed E-state index contributed by atoms with van der Waals surface area (Å²) in [5, 5.41) is 15.0. The summed E-state index contributed by atoms with van der Waals surface area (Å²) in [6.45, 7) is 4.14. The van der Waals surface area contributed by atoms with Gasteiger partial charge in [0.15, 0.2) is 10.5 Å². The highest BCUT2D eigenvalue weighted by Crippen LogP contribution is 2.23. The largest absolute Gasteiger partial charge is 0.312 e. The number of non-ortho nitro benzene ring substituents is 1. The number of thiazole rings is 1. The highest BCUT2D eigenvalue weighted by atomic mass is 32.1. The molecule has 1 amide bonds. The van der Waals surface area contributed by atoms with Gasteiger partial charge in [-0.1, -0.05) is 17.4 Å². The minimum atomic E-state index is -0.463. The van der Waals surface area contributed by atoms with Gasteiger partial charge in [-0.3, -0.25) is 19.6 Å². The lowest BCUT2D eigenvalue weighted by molar-refractivity contribution is -0.384. The summed E-state index contributed by atoms with van der Waals surface area (Å²) in [6.07, 6.45) is 3.34. The van der Waals surface area contributed by atoms with Gasteiger partial charge in [0.25, 0.3) is 11.6 Å². The first-order valence-corrected chi connectivity index (χ1v) is 7.78. The van der Waals surface area contributed by atoms with Crippen molar-refractivity contribution in [3.8, 4) is 0 Å². The highest BCUT2D eigenvalue weighted by Gasteiger charge is 2.13. The van der Waals surface area contributed by atoms with Crippen molar-refractivity contribution in [1.29, 1.82) is 0 Å². The average Bonchev–Trinajstić information content (AvgIpc) is 3.11. The summed E-state index contributed by atoms with van der Waals surface area (Å²) >= 11 is 1.21. The second-order valence-electron chi connectivity index (χ2n) is 4.98. The van der Waals surface area contributed by atoms with Crippen molar-refractivity contribution in [1.82, 2.24) is 14.3 Å². The molecule has 0 aliphatic heterocycles. The molecule has 0 radical (unpaired) electrons. The molecule has 0 bridgehead atoms. The fraction of sp³-hybridized carbons (Fsp3) is 0.133. The van der Waals surface area contributed by atoms with Crippen molar-refractivity contribution in [2.75, 3.05) is 0 Å². The summed E-state index contributed by atoms with van der Waals surface area (Å²) < 4.78 is 3.99. The Morgan fingerprint density at radius 1 is 1.50 bits per heavy atom. The maximum Gasteiger partial charge on any atom is 0.300 e. The van der Waals surface area contributed by atoms with Gasteiger partial charge in [-0.25, -0.2) is 0 Å². The van der Waals surface area contributed by atoms with Gasteiger partial charge < -0.3 is 4.57 Å². The molecule has 0 saturated carbocycles. The van der Waals surface area contributed by atoms with E-state index in [9.17, 15) is 14.9 Å². The second-order valence-corrected chi connectivity index (χ2v) is 5.99. The summed E-state index contributed by atoms with van der Waals surface area (Å²) in [5.74, 6) is -0.463. The Kier molecular flexibility index (Phi) is 4.09. The van der Waals surface area contributed by atoms with Crippen LogP contribution in [0.4, 0.5) is 5.69 Å². The Morgan fingerprint density at radius 2 is 2.29 bits per heavy atom. The van der Waals surface area contributed by atoms with E-state index < -0.39 is 10.8 Å². The molecule has 24 heavy (non-hydrogen) atoms. The van der Waals surface area contributed by atoms with Crippen molar-refractivity contribution in [3.63, 3.8) is 0 Å². The number of fused-ring (bicyclic) bond motifs is 1. The van der Waals surface area contributed by atoms with E-state index in [1.807, 2.05) is 0 Å². The second kappa shape index (κ2) is 6.20. The molecular formula is C15H13N5O3S. The van der Waals surface area contributed by atoms with Crippen LogP contribution in [0.3, 0.4) is 0 Å². The monoisotopic (exact) mass is 343 g/mol. The van der Waals surface area contributed by atoms with Crippen LogP contribution in [0.1, 0.15) is 10.5 Å². The molecule has 8 nitrogen and oxygen atoms in total. The zero-order valence-electron chi connectivity index (χ0n) is 12.7. The Labute approximate surface area is 140 Å². The van der Waals surface area contributed by atoms with Gasteiger partial charge in [0.05, 0.1) is 15.1 Å². The van der Waals surface area contributed by atoms with Crippen LogP contribution in [0.15, 0.2) is 48.1 Å². The van der Waals surface area contributed by atoms with Crippen molar-refractivity contribution in [2.24, 2.45) is 12.0 Å². The average molecular weight is 343 g/mol. The maximum atomic E-state index is 12.3. The van der Waals surface area contributed by atoms with Crippen LogP contribution in [-0.4, -0.2) is 25.2 Å². The lowest BCUT2D eigenvalue weighted by Crippen LogP contribution is -2.16. The van der Waals surface area contributed by atoms with Gasteiger partial charge in [-0.15, -0.1) is 6.58 Å². The minimum Gasteiger partial charge on any atom is -0.312 e. The van der Waals surface area contributed by atoms with Crippen LogP contribution >= 0.6 is 11.3 Å². The van der Waals surface area contributed by atoms with Gasteiger partial charge in [0.1, 0.15) is 0 Å². The number of rotatable bonds is 4. The lowest BCUT2D eigenvalue weighted by Gasteiger charge is -2.00. The van der Waals surface area contributed by atoms with E-state index in [0.717, 1.165) is 5.52 Å². The lowest BCUT2D eigenvalue weighted by atomic mass is 10.3. The van der Waals surface area contributed by atoms with E-state index in [2.05, 4.69) is 16.7 Å². The molecule has 0 atom stereocenters. The third-order valence-corrected chi connectivity index (χ3v) is 4.36. The van der Waals surface area contributed by atoms with Crippen LogP contribution < -0.4 is 4.80 Å². The summed E-state index contributed by atoms with van der Waals surface area (Å²) in [7, 11) is 1.72. The quantitative estimate of drug-likeness (QED) is 0.412.